The van der Waals surface area contributed by atoms with Gasteiger partial charge in [0.2, 0.25) is 0 Å². The number of hydrogen-bond donors (Lipinski definition) is 2. The van der Waals surface area contributed by atoms with E-state index >= 15 is 0 Å². The fourth-order valence-electron chi connectivity index (χ4n) is 6.47. The van der Waals surface area contributed by atoms with Gasteiger partial charge in [0.15, 0.2) is 0 Å². The summed E-state index contributed by atoms with van der Waals surface area (Å²) in [6.07, 6.45) is 4.71. The minimum atomic E-state index is -2.61. The standard InChI is InChI=1S/C37H59O3P/c1-24(2)17-15-16-18-37(40-41(38)39)31-25(20-27(33(3,4)5)22-29(31)35(9,10)11)19-26-21-28(34(6,7)8)23-30(32(26)37)36(12,13)14/h20-24,38-39H,15-19H2,1-14H3. The van der Waals surface area contributed by atoms with Crippen LogP contribution in [0, 0.1) is 5.92 Å². The quantitative estimate of drug-likeness (QED) is 0.252. The van der Waals surface area contributed by atoms with E-state index < -0.39 is 14.2 Å². The molecule has 2 aromatic carbocycles. The molecule has 0 fully saturated rings. The first-order valence-corrected chi connectivity index (χ1v) is 16.9. The zero-order valence-electron chi connectivity index (χ0n) is 28.7. The maximum Gasteiger partial charge on any atom is 0.328 e. The molecular formula is C37H59O3P. The summed E-state index contributed by atoms with van der Waals surface area (Å²) in [6, 6.07) is 9.54. The van der Waals surface area contributed by atoms with Crippen LogP contribution in [0.2, 0.25) is 0 Å². The summed E-state index contributed by atoms with van der Waals surface area (Å²) in [5, 5.41) is 0. The smallest absolute Gasteiger partial charge is 0.328 e. The lowest BCUT2D eigenvalue weighted by Crippen LogP contribution is -2.41. The van der Waals surface area contributed by atoms with Gasteiger partial charge in [-0.25, -0.2) is 0 Å². The Morgan fingerprint density at radius 1 is 0.683 bits per heavy atom. The average Bonchev–Trinajstić information content (AvgIpc) is 2.77. The maximum atomic E-state index is 10.7. The first-order valence-electron chi connectivity index (χ1n) is 15.7. The molecule has 0 amide bonds. The van der Waals surface area contributed by atoms with Crippen molar-refractivity contribution in [1.82, 2.24) is 0 Å². The van der Waals surface area contributed by atoms with Crippen LogP contribution in [-0.2, 0) is 38.2 Å². The van der Waals surface area contributed by atoms with Gasteiger partial charge in [-0.1, -0.05) is 134 Å². The van der Waals surface area contributed by atoms with Crippen molar-refractivity contribution >= 4 is 8.60 Å². The molecular weight excluding hydrogens is 523 g/mol. The van der Waals surface area contributed by atoms with Gasteiger partial charge < -0.3 is 9.79 Å². The lowest BCUT2D eigenvalue weighted by Gasteiger charge is -2.47. The summed E-state index contributed by atoms with van der Waals surface area (Å²) in [4.78, 5) is 21.4. The third-order valence-corrected chi connectivity index (χ3v) is 9.25. The molecule has 0 aliphatic heterocycles. The molecule has 0 saturated heterocycles. The molecule has 0 aromatic heterocycles. The van der Waals surface area contributed by atoms with Crippen molar-refractivity contribution in [1.29, 1.82) is 0 Å². The second kappa shape index (κ2) is 11.7. The van der Waals surface area contributed by atoms with Gasteiger partial charge in [-0.3, -0.25) is 4.52 Å². The molecule has 4 heteroatoms. The zero-order chi connectivity index (χ0) is 31.3. The fourth-order valence-corrected chi connectivity index (χ4v) is 7.02. The Morgan fingerprint density at radius 3 is 1.41 bits per heavy atom. The predicted octanol–water partition coefficient (Wildman–Crippen LogP) is 10.5. The highest BCUT2D eigenvalue weighted by Crippen LogP contribution is 2.57. The van der Waals surface area contributed by atoms with Gasteiger partial charge in [0.1, 0.15) is 5.60 Å². The number of rotatable bonds is 7. The van der Waals surface area contributed by atoms with E-state index in [0.717, 1.165) is 32.1 Å². The Morgan fingerprint density at radius 2 is 1.10 bits per heavy atom. The number of hydrogen-bond acceptors (Lipinski definition) is 3. The van der Waals surface area contributed by atoms with Crippen molar-refractivity contribution < 1.29 is 14.3 Å². The molecule has 0 radical (unpaired) electrons. The van der Waals surface area contributed by atoms with E-state index in [1.54, 1.807) is 0 Å². The van der Waals surface area contributed by atoms with Crippen molar-refractivity contribution in [3.8, 4) is 0 Å². The average molecular weight is 583 g/mol. The van der Waals surface area contributed by atoms with Crippen LogP contribution in [0.25, 0.3) is 0 Å². The minimum absolute atomic E-state index is 0.0134. The third-order valence-electron chi connectivity index (χ3n) is 8.77. The molecule has 2 aromatic rings. The molecule has 0 atom stereocenters. The van der Waals surface area contributed by atoms with Gasteiger partial charge in [-0.15, -0.1) is 0 Å². The number of fused-ring (bicyclic) bond motifs is 2. The lowest BCUT2D eigenvalue weighted by atomic mass is 9.62. The highest BCUT2D eigenvalue weighted by Gasteiger charge is 2.49. The van der Waals surface area contributed by atoms with E-state index in [2.05, 4.69) is 121 Å². The Bertz CT molecular complexity index is 1150. The largest absolute Gasteiger partial charge is 0.328 e. The summed E-state index contributed by atoms with van der Waals surface area (Å²) >= 11 is 0. The molecule has 1 aliphatic rings. The molecule has 0 bridgehead atoms. The van der Waals surface area contributed by atoms with Gasteiger partial charge in [-0.2, -0.15) is 0 Å². The van der Waals surface area contributed by atoms with Crippen LogP contribution in [-0.4, -0.2) is 9.79 Å². The zero-order valence-corrected chi connectivity index (χ0v) is 29.6. The van der Waals surface area contributed by atoms with Gasteiger partial charge in [0.05, 0.1) is 0 Å². The topological polar surface area (TPSA) is 49.7 Å². The molecule has 3 rings (SSSR count). The van der Waals surface area contributed by atoms with Gasteiger partial charge >= 0.3 is 8.60 Å². The van der Waals surface area contributed by atoms with Crippen molar-refractivity contribution in [3.05, 3.63) is 68.8 Å². The molecule has 0 unspecified atom stereocenters. The van der Waals surface area contributed by atoms with E-state index in [1.807, 2.05) is 0 Å². The summed E-state index contributed by atoms with van der Waals surface area (Å²) in [5.41, 5.74) is 8.73. The Hall–Kier alpha value is -1.25. The van der Waals surface area contributed by atoms with Gasteiger partial charge in [0, 0.05) is 0 Å². The first kappa shape index (κ1) is 34.2. The van der Waals surface area contributed by atoms with Crippen molar-refractivity contribution in [3.63, 3.8) is 0 Å². The number of unbranched alkanes of at least 4 members (excludes halogenated alkanes) is 1. The number of benzene rings is 2. The summed E-state index contributed by atoms with van der Waals surface area (Å²) in [5.74, 6) is 0.629. The molecule has 2 N–H and O–H groups in total. The molecule has 3 nitrogen and oxygen atoms in total. The molecule has 0 saturated carbocycles. The molecule has 41 heavy (non-hydrogen) atoms. The molecule has 0 spiro atoms. The van der Waals surface area contributed by atoms with E-state index in [0.29, 0.717) is 5.92 Å². The Kier molecular flexibility index (Phi) is 9.76. The lowest BCUT2D eigenvalue weighted by molar-refractivity contribution is 0.0715. The monoisotopic (exact) mass is 582 g/mol. The summed E-state index contributed by atoms with van der Waals surface area (Å²) in [6.45, 7) is 31.9. The van der Waals surface area contributed by atoms with E-state index in [9.17, 15) is 9.79 Å². The van der Waals surface area contributed by atoms with Crippen LogP contribution in [0.4, 0.5) is 0 Å². The highest BCUT2D eigenvalue weighted by atomic mass is 31.2. The Labute approximate surface area is 253 Å². The van der Waals surface area contributed by atoms with Crippen molar-refractivity contribution in [2.75, 3.05) is 0 Å². The van der Waals surface area contributed by atoms with Crippen molar-refractivity contribution in [2.24, 2.45) is 5.92 Å². The predicted molar refractivity (Wildman–Crippen MR) is 177 cm³/mol. The van der Waals surface area contributed by atoms with Crippen LogP contribution in [0.1, 0.15) is 167 Å². The molecule has 1 aliphatic carbocycles. The van der Waals surface area contributed by atoms with Crippen LogP contribution in [0.15, 0.2) is 24.3 Å². The van der Waals surface area contributed by atoms with Crippen LogP contribution >= 0.6 is 8.60 Å². The van der Waals surface area contributed by atoms with E-state index in [4.69, 9.17) is 4.52 Å². The summed E-state index contributed by atoms with van der Waals surface area (Å²) < 4.78 is 6.64. The normalized spacial score (nSPS) is 15.9. The van der Waals surface area contributed by atoms with Crippen LogP contribution in [0.3, 0.4) is 0 Å². The SMILES string of the molecule is CC(C)CCCCC1(OP(O)O)c2c(cc(C(C)(C)C)cc2C(C)(C)C)Cc2cc(C(C)(C)C)cc(C(C)(C)C)c21. The summed E-state index contributed by atoms with van der Waals surface area (Å²) in [7, 11) is -2.61. The minimum Gasteiger partial charge on any atom is -0.328 e. The third kappa shape index (κ3) is 7.46. The van der Waals surface area contributed by atoms with E-state index in [-0.39, 0.29) is 21.7 Å². The van der Waals surface area contributed by atoms with E-state index in [1.165, 1.54) is 44.5 Å². The Balaban J connectivity index is 2.55. The highest BCUT2D eigenvalue weighted by molar-refractivity contribution is 7.39. The van der Waals surface area contributed by atoms with Crippen molar-refractivity contribution in [2.45, 2.75) is 156 Å². The molecule has 230 valence electrons. The second-order valence-electron chi connectivity index (χ2n) is 17.1. The fraction of sp³-hybridized carbons (Fsp3) is 0.676. The van der Waals surface area contributed by atoms with Gasteiger partial charge in [-0.05, 0) is 91.3 Å². The first-order chi connectivity index (χ1) is 18.5. The van der Waals surface area contributed by atoms with Gasteiger partial charge in [0.25, 0.3) is 0 Å². The second-order valence-corrected chi connectivity index (χ2v) is 17.8. The van der Waals surface area contributed by atoms with Crippen LogP contribution in [0.5, 0.6) is 0 Å². The van der Waals surface area contributed by atoms with Crippen LogP contribution < -0.4 is 0 Å². The molecule has 0 heterocycles. The maximum absolute atomic E-state index is 10.7.